The third-order valence-corrected chi connectivity index (χ3v) is 12.4. The number of aliphatic hydroxyl groups is 3. The number of allylic oxidation sites excluding steroid dienone is 1. The van der Waals surface area contributed by atoms with Gasteiger partial charge in [-0.25, -0.2) is 4.79 Å². The fraction of sp³-hybridized carbons (Fsp3) is 0.451. The first kappa shape index (κ1) is 45.8. The maximum Gasteiger partial charge on any atom is 0.410 e. The number of nitrogens with zero attached hydrogens (tertiary/aromatic N) is 2. The molecule has 4 aromatic rings. The average Bonchev–Trinajstić information content (AvgIpc) is 3.30. The van der Waals surface area contributed by atoms with E-state index in [1.54, 1.807) is 17.9 Å². The molecule has 3 N–H and O–H groups in total. The van der Waals surface area contributed by atoms with Crippen LogP contribution in [0.25, 0.3) is 10.8 Å². The number of benzene rings is 4. The normalized spacial score (nSPS) is 23.0. The van der Waals surface area contributed by atoms with E-state index in [1.807, 2.05) is 66.7 Å². The monoisotopic (exact) mass is 862 g/mol. The topological polar surface area (TPSA) is 149 Å². The highest BCUT2D eigenvalue weighted by Crippen LogP contribution is 2.62. The second-order valence-electron chi connectivity index (χ2n) is 16.4. The molecule has 0 saturated heterocycles. The summed E-state index contributed by atoms with van der Waals surface area (Å²) in [5, 5.41) is 36.6. The molecule has 2 aliphatic carbocycles. The van der Waals surface area contributed by atoms with Crippen molar-refractivity contribution in [2.75, 3.05) is 52.8 Å². The van der Waals surface area contributed by atoms with Gasteiger partial charge in [-0.3, -0.25) is 4.90 Å². The van der Waals surface area contributed by atoms with Crippen LogP contribution < -0.4 is 9.47 Å². The first-order valence-electron chi connectivity index (χ1n) is 22.5. The Kier molecular flexibility index (Phi) is 16.3. The lowest BCUT2D eigenvalue weighted by Gasteiger charge is -2.59. The van der Waals surface area contributed by atoms with E-state index in [0.717, 1.165) is 53.2 Å². The van der Waals surface area contributed by atoms with E-state index >= 15 is 0 Å². The zero-order valence-electron chi connectivity index (χ0n) is 36.3. The summed E-state index contributed by atoms with van der Waals surface area (Å²) < 4.78 is 32.5. The maximum atomic E-state index is 14.3. The molecule has 0 spiro atoms. The molecule has 7 rings (SSSR count). The SMILES string of the molecule is C=CCOC12Oc3ccc(Oc4ccc5ccccc5c4)cc3C3C(CCCCO)C(CCCCO)C=C(C(=NOCc4ccccc4)CC1N(CCOCCO)C(=O)OCC)C32. The molecular formula is C51H62N2O10. The Hall–Kier alpha value is -5.24. The number of amides is 1. The number of ether oxygens (including phenoxy) is 5. The fourth-order valence-corrected chi connectivity index (χ4v) is 9.75. The van der Waals surface area contributed by atoms with Gasteiger partial charge in [0.15, 0.2) is 0 Å². The van der Waals surface area contributed by atoms with Crippen molar-refractivity contribution in [3.63, 3.8) is 0 Å². The summed E-state index contributed by atoms with van der Waals surface area (Å²) in [5.74, 6) is -0.166. The molecule has 4 aromatic carbocycles. The van der Waals surface area contributed by atoms with Crippen LogP contribution in [0.4, 0.5) is 4.79 Å². The molecule has 12 nitrogen and oxygen atoms in total. The van der Waals surface area contributed by atoms with Crippen LogP contribution in [0.5, 0.6) is 17.2 Å². The molecule has 6 atom stereocenters. The zero-order chi connectivity index (χ0) is 44.0. The van der Waals surface area contributed by atoms with E-state index < -0.39 is 23.8 Å². The molecule has 0 bridgehead atoms. The molecule has 1 heterocycles. The summed E-state index contributed by atoms with van der Waals surface area (Å²) in [4.78, 5) is 22.1. The lowest BCUT2D eigenvalue weighted by Crippen LogP contribution is -2.70. The van der Waals surface area contributed by atoms with Crippen molar-refractivity contribution >= 4 is 22.6 Å². The summed E-state index contributed by atoms with van der Waals surface area (Å²) >= 11 is 0. The molecule has 63 heavy (non-hydrogen) atoms. The Labute approximate surface area is 370 Å². The van der Waals surface area contributed by atoms with E-state index in [9.17, 15) is 20.1 Å². The lowest BCUT2D eigenvalue weighted by molar-refractivity contribution is -0.256. The van der Waals surface area contributed by atoms with Crippen LogP contribution in [0, 0.1) is 17.8 Å². The number of unbranched alkanes of at least 4 members (excludes halogenated alkanes) is 2. The smallest absolute Gasteiger partial charge is 0.410 e. The molecule has 1 saturated carbocycles. The number of aliphatic hydroxyl groups excluding tert-OH is 3. The maximum absolute atomic E-state index is 14.3. The van der Waals surface area contributed by atoms with Gasteiger partial charge in [0, 0.05) is 37.7 Å². The van der Waals surface area contributed by atoms with Gasteiger partial charge in [-0.05, 0) is 96.7 Å². The van der Waals surface area contributed by atoms with Crippen LogP contribution in [0.3, 0.4) is 0 Å². The first-order valence-corrected chi connectivity index (χ1v) is 22.5. The van der Waals surface area contributed by atoms with Gasteiger partial charge in [0.1, 0.15) is 29.9 Å². The van der Waals surface area contributed by atoms with Crippen LogP contribution in [-0.2, 0) is 25.7 Å². The van der Waals surface area contributed by atoms with E-state index in [0.29, 0.717) is 35.8 Å². The number of carbonyl (C=O) groups excluding carboxylic acids is 1. The average molecular weight is 863 g/mol. The predicted molar refractivity (Wildman–Crippen MR) is 242 cm³/mol. The predicted octanol–water partition coefficient (Wildman–Crippen LogP) is 8.93. The van der Waals surface area contributed by atoms with Crippen molar-refractivity contribution in [1.29, 1.82) is 0 Å². The summed E-state index contributed by atoms with van der Waals surface area (Å²) in [6.07, 6.45) is 8.18. The molecule has 0 radical (unpaired) electrons. The first-order chi connectivity index (χ1) is 30.9. The molecule has 1 amide bonds. The summed E-state index contributed by atoms with van der Waals surface area (Å²) in [6, 6.07) is 29.2. The standard InChI is InChI=1S/C51H62N2O10/c1-3-28-60-51-47(53(50(57)59-4-2)24-29-58-30-27-56)34-45(52-61-35-36-14-6-5-7-15-36)43-32-39(18-10-12-25-54)42(19-11-13-26-55)48(49(43)51)44-33-41(22-23-46(44)63-51)62-40-21-20-37-16-8-9-17-38(37)31-40/h3,5-9,14-17,20-23,31-33,39,42,47-49,54-56H,1,4,10-13,18-19,24-30,34-35H2,2H3. The quantitative estimate of drug-likeness (QED) is 0.0375. The van der Waals surface area contributed by atoms with Crippen LogP contribution in [0.1, 0.15) is 68.9 Å². The van der Waals surface area contributed by atoms with Crippen LogP contribution in [0.2, 0.25) is 0 Å². The largest absolute Gasteiger partial charge is 0.459 e. The summed E-state index contributed by atoms with van der Waals surface area (Å²) in [5.41, 5.74) is 3.50. The van der Waals surface area contributed by atoms with Gasteiger partial charge in [-0.15, -0.1) is 6.58 Å². The number of carbonyl (C=O) groups is 1. The van der Waals surface area contributed by atoms with Crippen LogP contribution in [-0.4, -0.2) is 96.6 Å². The van der Waals surface area contributed by atoms with E-state index in [4.69, 9.17) is 33.7 Å². The number of oxime groups is 1. The van der Waals surface area contributed by atoms with Gasteiger partial charge >= 0.3 is 6.09 Å². The second-order valence-corrected chi connectivity index (χ2v) is 16.4. The number of rotatable bonds is 23. The highest BCUT2D eigenvalue weighted by Gasteiger charge is 2.65. The van der Waals surface area contributed by atoms with Gasteiger partial charge in [0.05, 0.1) is 44.7 Å². The summed E-state index contributed by atoms with van der Waals surface area (Å²) in [7, 11) is 0. The van der Waals surface area contributed by atoms with Gasteiger partial charge < -0.3 is 43.8 Å². The molecule has 6 unspecified atom stereocenters. The number of hydrogen-bond acceptors (Lipinski definition) is 11. The fourth-order valence-electron chi connectivity index (χ4n) is 9.75. The van der Waals surface area contributed by atoms with E-state index in [2.05, 4.69) is 36.9 Å². The van der Waals surface area contributed by atoms with E-state index in [1.165, 1.54) is 0 Å². The van der Waals surface area contributed by atoms with Gasteiger partial charge in [0.25, 0.3) is 0 Å². The van der Waals surface area contributed by atoms with Crippen LogP contribution in [0.15, 0.2) is 120 Å². The highest BCUT2D eigenvalue weighted by atomic mass is 16.7. The molecule has 1 fully saturated rings. The molecular weight excluding hydrogens is 801 g/mol. The van der Waals surface area contributed by atoms with Gasteiger partial charge in [-0.2, -0.15) is 0 Å². The molecule has 0 aromatic heterocycles. The highest BCUT2D eigenvalue weighted by molar-refractivity contribution is 6.03. The van der Waals surface area contributed by atoms with Gasteiger partial charge in [0.2, 0.25) is 5.79 Å². The van der Waals surface area contributed by atoms with Crippen molar-refractivity contribution in [3.05, 3.63) is 126 Å². The molecule has 336 valence electrons. The van der Waals surface area contributed by atoms with Crippen molar-refractivity contribution in [1.82, 2.24) is 4.90 Å². The van der Waals surface area contributed by atoms with Crippen molar-refractivity contribution in [2.45, 2.75) is 76.2 Å². The minimum absolute atomic E-state index is 0.0310. The Morgan fingerprint density at radius 1 is 0.889 bits per heavy atom. The van der Waals surface area contributed by atoms with E-state index in [-0.39, 0.29) is 83.6 Å². The molecule has 12 heteroatoms. The van der Waals surface area contributed by atoms with Crippen molar-refractivity contribution < 1.29 is 48.6 Å². The second kappa shape index (κ2) is 22.4. The lowest BCUT2D eigenvalue weighted by atomic mass is 9.55. The Bertz CT molecular complexity index is 2180. The third-order valence-electron chi connectivity index (χ3n) is 12.4. The van der Waals surface area contributed by atoms with Crippen LogP contribution >= 0.6 is 0 Å². The number of fused-ring (bicyclic) bond motifs is 3. The summed E-state index contributed by atoms with van der Waals surface area (Å²) in [6.45, 7) is 6.68. The molecule has 3 aliphatic rings. The van der Waals surface area contributed by atoms with Crippen molar-refractivity contribution in [2.24, 2.45) is 22.9 Å². The Balaban J connectivity index is 1.42. The Morgan fingerprint density at radius 2 is 1.63 bits per heavy atom. The number of hydrogen-bond donors (Lipinski definition) is 3. The minimum atomic E-state index is -1.47. The third kappa shape index (κ3) is 10.6. The van der Waals surface area contributed by atoms with Crippen molar-refractivity contribution in [3.8, 4) is 17.2 Å². The Morgan fingerprint density at radius 3 is 2.40 bits per heavy atom. The molecule has 1 aliphatic heterocycles. The van der Waals surface area contributed by atoms with Gasteiger partial charge in [-0.1, -0.05) is 90.8 Å². The minimum Gasteiger partial charge on any atom is -0.459 e. The zero-order valence-corrected chi connectivity index (χ0v) is 36.3.